The molecule has 2 heterocycles. The molecule has 0 aromatic carbocycles. The van der Waals surface area contributed by atoms with Crippen molar-refractivity contribution in [3.05, 3.63) is 11.1 Å². The smallest absolute Gasteiger partial charge is 0.317 e. The Labute approximate surface area is 142 Å². The summed E-state index contributed by atoms with van der Waals surface area (Å²) in [7, 11) is 0. The van der Waals surface area contributed by atoms with Crippen LogP contribution in [0, 0.1) is 18.8 Å². The summed E-state index contributed by atoms with van der Waals surface area (Å²) in [5.74, 6) is 1.52. The van der Waals surface area contributed by atoms with Gasteiger partial charge in [-0.15, -0.1) is 11.3 Å². The molecular formula is C17H26N4OS. The van der Waals surface area contributed by atoms with Crippen LogP contribution in [0.5, 0.6) is 0 Å². The molecule has 2 amide bonds. The van der Waals surface area contributed by atoms with E-state index in [0.29, 0.717) is 6.04 Å². The van der Waals surface area contributed by atoms with E-state index in [-0.39, 0.29) is 6.03 Å². The molecule has 0 spiro atoms. The summed E-state index contributed by atoms with van der Waals surface area (Å²) < 4.78 is 0. The highest BCUT2D eigenvalue weighted by molar-refractivity contribution is 7.13. The van der Waals surface area contributed by atoms with Crippen molar-refractivity contribution < 1.29 is 4.79 Å². The predicted molar refractivity (Wildman–Crippen MR) is 93.0 cm³/mol. The second-order valence-electron chi connectivity index (χ2n) is 7.25. The van der Waals surface area contributed by atoms with Crippen LogP contribution in [0.1, 0.15) is 37.8 Å². The standard InChI is InChI=1S/C17H26N4OS/c1-12-11-23-17(18-12)21-8-2-7-20(9-10-21)16(22)19-15(13-3-4-13)14-5-6-14/h11,13-15H,2-10H2,1H3,(H,19,22). The minimum atomic E-state index is 0.158. The molecule has 4 rings (SSSR count). The molecule has 23 heavy (non-hydrogen) atoms. The normalized spacial score (nSPS) is 22.3. The molecule has 3 fully saturated rings. The summed E-state index contributed by atoms with van der Waals surface area (Å²) in [6.07, 6.45) is 6.23. The van der Waals surface area contributed by atoms with Crippen molar-refractivity contribution in [2.45, 2.75) is 45.1 Å². The van der Waals surface area contributed by atoms with Crippen LogP contribution in [0.15, 0.2) is 5.38 Å². The highest BCUT2D eigenvalue weighted by atomic mass is 32.1. The van der Waals surface area contributed by atoms with Crippen LogP contribution in [-0.2, 0) is 0 Å². The number of aryl methyl sites for hydroxylation is 1. The fourth-order valence-electron chi connectivity index (χ4n) is 3.56. The largest absolute Gasteiger partial charge is 0.346 e. The third-order valence-electron chi connectivity index (χ3n) is 5.21. The summed E-state index contributed by atoms with van der Waals surface area (Å²) in [6, 6.07) is 0.606. The molecule has 0 radical (unpaired) electrons. The highest BCUT2D eigenvalue weighted by Gasteiger charge is 2.42. The zero-order valence-electron chi connectivity index (χ0n) is 13.8. The molecule has 1 aromatic rings. The van der Waals surface area contributed by atoms with E-state index in [2.05, 4.69) is 20.6 Å². The number of urea groups is 1. The van der Waals surface area contributed by atoms with Crippen LogP contribution in [0.25, 0.3) is 0 Å². The van der Waals surface area contributed by atoms with Crippen LogP contribution in [0.3, 0.4) is 0 Å². The molecular weight excluding hydrogens is 308 g/mol. The molecule has 0 atom stereocenters. The first-order chi connectivity index (χ1) is 11.2. The third-order valence-corrected chi connectivity index (χ3v) is 6.23. The van der Waals surface area contributed by atoms with Gasteiger partial charge in [0.1, 0.15) is 0 Å². The Hall–Kier alpha value is -1.30. The first-order valence-electron chi connectivity index (χ1n) is 8.93. The van der Waals surface area contributed by atoms with Gasteiger partial charge in [0, 0.05) is 37.6 Å². The van der Waals surface area contributed by atoms with Gasteiger partial charge in [0.2, 0.25) is 0 Å². The van der Waals surface area contributed by atoms with Crippen molar-refractivity contribution in [2.24, 2.45) is 11.8 Å². The Morgan fingerprint density at radius 1 is 1.22 bits per heavy atom. The number of nitrogens with zero attached hydrogens (tertiary/aromatic N) is 3. The first-order valence-corrected chi connectivity index (χ1v) is 9.81. The summed E-state index contributed by atoms with van der Waals surface area (Å²) in [5, 5.41) is 6.55. The number of amides is 2. The van der Waals surface area contributed by atoms with Gasteiger partial charge in [0.05, 0.1) is 5.69 Å². The Morgan fingerprint density at radius 3 is 2.57 bits per heavy atom. The average Bonchev–Trinajstić information content (AvgIpc) is 3.44. The lowest BCUT2D eigenvalue weighted by Gasteiger charge is -2.25. The van der Waals surface area contributed by atoms with Gasteiger partial charge in [0.25, 0.3) is 0 Å². The second-order valence-corrected chi connectivity index (χ2v) is 8.09. The summed E-state index contributed by atoms with van der Waals surface area (Å²) in [6.45, 7) is 5.57. The maximum absolute atomic E-state index is 12.7. The monoisotopic (exact) mass is 334 g/mol. The third kappa shape index (κ3) is 3.62. The Kier molecular flexibility index (Phi) is 4.18. The minimum Gasteiger partial charge on any atom is -0.346 e. The van der Waals surface area contributed by atoms with Gasteiger partial charge < -0.3 is 15.1 Å². The Balaban J connectivity index is 1.33. The molecule has 6 heteroatoms. The molecule has 0 unspecified atom stereocenters. The lowest BCUT2D eigenvalue weighted by Crippen LogP contribution is -2.47. The maximum Gasteiger partial charge on any atom is 0.317 e. The van der Waals surface area contributed by atoms with Crippen molar-refractivity contribution in [2.75, 3.05) is 31.1 Å². The summed E-state index contributed by atoms with van der Waals surface area (Å²) in [5.41, 5.74) is 1.08. The zero-order chi connectivity index (χ0) is 15.8. The van der Waals surface area contributed by atoms with Gasteiger partial charge in [-0.2, -0.15) is 0 Å². The van der Waals surface area contributed by atoms with Crippen LogP contribution in [0.2, 0.25) is 0 Å². The van der Waals surface area contributed by atoms with Gasteiger partial charge >= 0.3 is 6.03 Å². The summed E-state index contributed by atoms with van der Waals surface area (Å²) in [4.78, 5) is 21.6. The van der Waals surface area contributed by atoms with E-state index in [1.165, 1.54) is 25.7 Å². The first kappa shape index (κ1) is 15.2. The molecule has 1 N–H and O–H groups in total. The Bertz CT molecular complexity index is 555. The molecule has 126 valence electrons. The van der Waals surface area contributed by atoms with Crippen molar-refractivity contribution >= 4 is 22.5 Å². The molecule has 3 aliphatic rings. The topological polar surface area (TPSA) is 48.5 Å². The SMILES string of the molecule is Cc1csc(N2CCCN(C(=O)NC(C3CC3)C3CC3)CC2)n1. The molecule has 2 aliphatic carbocycles. The van der Waals surface area contributed by atoms with E-state index in [0.717, 1.165) is 55.3 Å². The van der Waals surface area contributed by atoms with Crippen molar-refractivity contribution in [1.29, 1.82) is 0 Å². The second kappa shape index (κ2) is 6.30. The number of carbonyl (C=O) groups is 1. The minimum absolute atomic E-state index is 0.158. The highest BCUT2D eigenvalue weighted by Crippen LogP contribution is 2.44. The number of anilines is 1. The van der Waals surface area contributed by atoms with Gasteiger partial charge in [-0.3, -0.25) is 0 Å². The Morgan fingerprint density at radius 2 is 1.96 bits per heavy atom. The van der Waals surface area contributed by atoms with Crippen molar-refractivity contribution in [3.63, 3.8) is 0 Å². The lowest BCUT2D eigenvalue weighted by atomic mass is 10.1. The number of hydrogen-bond donors (Lipinski definition) is 1. The van der Waals surface area contributed by atoms with Gasteiger partial charge in [-0.25, -0.2) is 9.78 Å². The van der Waals surface area contributed by atoms with E-state index in [1.54, 1.807) is 11.3 Å². The van der Waals surface area contributed by atoms with E-state index in [4.69, 9.17) is 0 Å². The van der Waals surface area contributed by atoms with E-state index < -0.39 is 0 Å². The number of hydrogen-bond acceptors (Lipinski definition) is 4. The lowest BCUT2D eigenvalue weighted by molar-refractivity contribution is 0.193. The number of nitrogens with one attached hydrogen (secondary N) is 1. The molecule has 1 saturated heterocycles. The fourth-order valence-corrected chi connectivity index (χ4v) is 4.42. The molecule has 5 nitrogen and oxygen atoms in total. The maximum atomic E-state index is 12.7. The van der Waals surface area contributed by atoms with Crippen LogP contribution >= 0.6 is 11.3 Å². The number of rotatable bonds is 4. The molecule has 2 saturated carbocycles. The average molecular weight is 334 g/mol. The van der Waals surface area contributed by atoms with Gasteiger partial charge in [0.15, 0.2) is 5.13 Å². The van der Waals surface area contributed by atoms with Gasteiger partial charge in [-0.05, 0) is 50.9 Å². The number of aromatic nitrogens is 1. The molecule has 1 aromatic heterocycles. The van der Waals surface area contributed by atoms with E-state index >= 15 is 0 Å². The number of thiazole rings is 1. The van der Waals surface area contributed by atoms with E-state index in [1.807, 2.05) is 11.8 Å². The van der Waals surface area contributed by atoms with Crippen LogP contribution < -0.4 is 10.2 Å². The fraction of sp³-hybridized carbons (Fsp3) is 0.765. The van der Waals surface area contributed by atoms with Crippen molar-refractivity contribution in [3.8, 4) is 0 Å². The molecule has 0 bridgehead atoms. The molecule has 1 aliphatic heterocycles. The van der Waals surface area contributed by atoms with Gasteiger partial charge in [-0.1, -0.05) is 0 Å². The zero-order valence-corrected chi connectivity index (χ0v) is 14.6. The number of carbonyl (C=O) groups excluding carboxylic acids is 1. The quantitative estimate of drug-likeness (QED) is 0.921. The van der Waals surface area contributed by atoms with Crippen LogP contribution in [-0.4, -0.2) is 48.1 Å². The van der Waals surface area contributed by atoms with Crippen molar-refractivity contribution in [1.82, 2.24) is 15.2 Å². The predicted octanol–water partition coefficient (Wildman–Crippen LogP) is 2.86. The van der Waals surface area contributed by atoms with Crippen LogP contribution in [0.4, 0.5) is 9.93 Å². The van der Waals surface area contributed by atoms with E-state index in [9.17, 15) is 4.79 Å². The summed E-state index contributed by atoms with van der Waals surface area (Å²) >= 11 is 1.71.